The fraction of sp³-hybridized carbons (Fsp3) is 0.696. The van der Waals surface area contributed by atoms with Crippen molar-refractivity contribution in [3.8, 4) is 0 Å². The summed E-state index contributed by atoms with van der Waals surface area (Å²) in [4.78, 5) is 12.4. The molecule has 1 N–H and O–H groups in total. The number of hydrogen-bond acceptors (Lipinski definition) is 3. The number of nitrogens with zero attached hydrogens (tertiary/aromatic N) is 4. The quantitative estimate of drug-likeness (QED) is 0.584. The Morgan fingerprint density at radius 3 is 2.55 bits per heavy atom. The molecule has 0 saturated carbocycles. The highest BCUT2D eigenvalue weighted by atomic mass is 19.1. The van der Waals surface area contributed by atoms with E-state index in [1.54, 1.807) is 12.1 Å². The highest BCUT2D eigenvalue weighted by Crippen LogP contribution is 2.31. The molecule has 3 rings (SSSR count). The lowest BCUT2D eigenvalue weighted by atomic mass is 9.84. The van der Waals surface area contributed by atoms with E-state index in [2.05, 4.69) is 34.0 Å². The Labute approximate surface area is 176 Å². The molecule has 1 aromatic rings. The van der Waals surface area contributed by atoms with E-state index in [9.17, 15) is 4.39 Å². The molecule has 29 heavy (non-hydrogen) atoms. The van der Waals surface area contributed by atoms with Gasteiger partial charge >= 0.3 is 0 Å². The molecule has 5 nitrogen and oxygen atoms in total. The summed E-state index contributed by atoms with van der Waals surface area (Å²) in [6, 6.07) is 6.83. The van der Waals surface area contributed by atoms with E-state index in [1.165, 1.54) is 51.3 Å². The lowest BCUT2D eigenvalue weighted by Gasteiger charge is -2.49. The molecule has 0 aromatic heterocycles. The minimum absolute atomic E-state index is 0.174. The molecule has 0 amide bonds. The molecule has 0 unspecified atom stereocenters. The van der Waals surface area contributed by atoms with Gasteiger partial charge in [0.15, 0.2) is 5.96 Å². The molecule has 2 aliphatic heterocycles. The van der Waals surface area contributed by atoms with Gasteiger partial charge in [-0.3, -0.25) is 9.89 Å². The Balaban J connectivity index is 1.74. The highest BCUT2D eigenvalue weighted by Gasteiger charge is 2.39. The maximum atomic E-state index is 13.6. The number of rotatable bonds is 6. The summed E-state index contributed by atoms with van der Waals surface area (Å²) in [6.45, 7) is 9.08. The van der Waals surface area contributed by atoms with Gasteiger partial charge in [-0.2, -0.15) is 0 Å². The Morgan fingerprint density at radius 2 is 1.90 bits per heavy atom. The predicted octanol–water partition coefficient (Wildman–Crippen LogP) is 3.17. The number of aliphatic imine (C=N–C) groups is 1. The largest absolute Gasteiger partial charge is 0.357 e. The van der Waals surface area contributed by atoms with Crippen LogP contribution in [0.1, 0.15) is 44.6 Å². The van der Waals surface area contributed by atoms with Crippen LogP contribution in [0, 0.1) is 5.82 Å². The molecule has 2 aliphatic rings. The number of guanidine groups is 1. The second kappa shape index (κ2) is 10.4. The monoisotopic (exact) mass is 403 g/mol. The first-order valence-corrected chi connectivity index (χ1v) is 11.2. The van der Waals surface area contributed by atoms with E-state index in [0.29, 0.717) is 6.54 Å². The van der Waals surface area contributed by atoms with E-state index in [0.717, 1.165) is 37.7 Å². The average molecular weight is 404 g/mol. The maximum absolute atomic E-state index is 13.6. The normalized spacial score (nSPS) is 21.2. The summed E-state index contributed by atoms with van der Waals surface area (Å²) in [6.07, 6.45) is 6.33. The van der Waals surface area contributed by atoms with Crippen LogP contribution >= 0.6 is 0 Å². The third kappa shape index (κ3) is 5.92. The van der Waals surface area contributed by atoms with Crippen molar-refractivity contribution in [1.29, 1.82) is 0 Å². The van der Waals surface area contributed by atoms with Crippen LogP contribution in [0.5, 0.6) is 0 Å². The third-order valence-electron chi connectivity index (χ3n) is 6.47. The molecule has 0 atom stereocenters. The van der Waals surface area contributed by atoms with Crippen molar-refractivity contribution in [3.63, 3.8) is 0 Å². The van der Waals surface area contributed by atoms with Gasteiger partial charge in [-0.25, -0.2) is 4.39 Å². The van der Waals surface area contributed by atoms with Gasteiger partial charge in [-0.1, -0.05) is 18.6 Å². The van der Waals surface area contributed by atoms with Crippen molar-refractivity contribution >= 4 is 5.96 Å². The van der Waals surface area contributed by atoms with Gasteiger partial charge in [-0.05, 0) is 83.5 Å². The van der Waals surface area contributed by atoms with Gasteiger partial charge in [-0.15, -0.1) is 0 Å². The number of hydrogen-bond donors (Lipinski definition) is 1. The molecule has 2 fully saturated rings. The van der Waals surface area contributed by atoms with E-state index in [4.69, 9.17) is 4.99 Å². The second-order valence-corrected chi connectivity index (χ2v) is 8.73. The zero-order chi connectivity index (χ0) is 20.7. The van der Waals surface area contributed by atoms with Crippen molar-refractivity contribution < 1.29 is 4.39 Å². The summed E-state index contributed by atoms with van der Waals surface area (Å²) < 4.78 is 13.6. The molecule has 0 radical (unpaired) electrons. The summed E-state index contributed by atoms with van der Waals surface area (Å²) in [5.74, 6) is 0.722. The second-order valence-electron chi connectivity index (χ2n) is 8.73. The summed E-state index contributed by atoms with van der Waals surface area (Å²) in [5, 5.41) is 3.44. The number of likely N-dealkylation sites (tertiary alicyclic amines) is 2. The van der Waals surface area contributed by atoms with Gasteiger partial charge in [0.25, 0.3) is 0 Å². The first-order valence-electron chi connectivity index (χ1n) is 11.2. The molecular weight excluding hydrogens is 365 g/mol. The Hall–Kier alpha value is -1.66. The van der Waals surface area contributed by atoms with Crippen LogP contribution in [0.3, 0.4) is 0 Å². The van der Waals surface area contributed by atoms with Crippen molar-refractivity contribution in [1.82, 2.24) is 20.0 Å². The molecule has 6 heteroatoms. The summed E-state index contributed by atoms with van der Waals surface area (Å²) in [5.41, 5.74) is 1.14. The summed E-state index contributed by atoms with van der Waals surface area (Å²) >= 11 is 0. The number of halogens is 1. The van der Waals surface area contributed by atoms with Crippen LogP contribution in [0.4, 0.5) is 4.39 Å². The molecule has 0 aliphatic carbocycles. The smallest absolute Gasteiger partial charge is 0.194 e. The topological polar surface area (TPSA) is 34.1 Å². The van der Waals surface area contributed by atoms with Crippen molar-refractivity contribution in [3.05, 3.63) is 35.6 Å². The van der Waals surface area contributed by atoms with Crippen LogP contribution in [0.2, 0.25) is 0 Å². The van der Waals surface area contributed by atoms with Crippen LogP contribution in [-0.2, 0) is 6.54 Å². The van der Waals surface area contributed by atoms with Crippen LogP contribution in [-0.4, -0.2) is 79.6 Å². The lowest BCUT2D eigenvalue weighted by molar-refractivity contribution is 0.0206. The zero-order valence-electron chi connectivity index (χ0n) is 18.5. The number of nitrogens with one attached hydrogen (secondary N) is 1. The fourth-order valence-electron chi connectivity index (χ4n) is 4.65. The van der Waals surface area contributed by atoms with E-state index < -0.39 is 0 Å². The molecule has 162 valence electrons. The Morgan fingerprint density at radius 1 is 1.17 bits per heavy atom. The van der Waals surface area contributed by atoms with Crippen LogP contribution in [0.25, 0.3) is 0 Å². The molecular formula is C23H38FN5. The predicted molar refractivity (Wildman–Crippen MR) is 119 cm³/mol. The summed E-state index contributed by atoms with van der Waals surface area (Å²) in [7, 11) is 4.26. The molecule has 1 aromatic carbocycles. The van der Waals surface area contributed by atoms with Crippen molar-refractivity contribution in [2.45, 2.75) is 51.1 Å². The molecule has 0 bridgehead atoms. The molecule has 2 heterocycles. The van der Waals surface area contributed by atoms with E-state index >= 15 is 0 Å². The van der Waals surface area contributed by atoms with Crippen LogP contribution in [0.15, 0.2) is 29.3 Å². The van der Waals surface area contributed by atoms with Crippen LogP contribution < -0.4 is 5.32 Å². The van der Waals surface area contributed by atoms with E-state index in [-0.39, 0.29) is 11.4 Å². The van der Waals surface area contributed by atoms with E-state index in [1.807, 2.05) is 13.1 Å². The average Bonchev–Trinajstić information content (AvgIpc) is 2.73. The standard InChI is InChI=1S/C23H38FN5/c1-4-25-22(28(3)18-20-9-8-10-21(24)17-20)26-19-23(11-15-27(2)16-12-23)29-13-6-5-7-14-29/h8-10,17H,4-7,11-16,18-19H2,1-3H3,(H,25,26). The first-order chi connectivity index (χ1) is 14.0. The number of piperidine rings is 2. The van der Waals surface area contributed by atoms with Gasteiger partial charge in [0.1, 0.15) is 5.82 Å². The van der Waals surface area contributed by atoms with Gasteiger partial charge in [0.2, 0.25) is 0 Å². The van der Waals surface area contributed by atoms with Gasteiger partial charge < -0.3 is 15.1 Å². The fourth-order valence-corrected chi connectivity index (χ4v) is 4.65. The SMILES string of the molecule is CCNC(=NCC1(N2CCCCC2)CCN(C)CC1)N(C)Cc1cccc(F)c1. The zero-order valence-corrected chi connectivity index (χ0v) is 18.5. The number of benzene rings is 1. The molecule has 2 saturated heterocycles. The minimum Gasteiger partial charge on any atom is -0.357 e. The highest BCUT2D eigenvalue weighted by molar-refractivity contribution is 5.79. The maximum Gasteiger partial charge on any atom is 0.194 e. The van der Waals surface area contributed by atoms with Gasteiger partial charge in [0.05, 0.1) is 6.54 Å². The minimum atomic E-state index is -0.187. The van der Waals surface area contributed by atoms with Gasteiger partial charge in [0, 0.05) is 25.7 Å². The van der Waals surface area contributed by atoms with Crippen molar-refractivity contribution in [2.24, 2.45) is 4.99 Å². The first kappa shape index (κ1) is 22.0. The van der Waals surface area contributed by atoms with Crippen molar-refractivity contribution in [2.75, 3.05) is 53.4 Å². The third-order valence-corrected chi connectivity index (χ3v) is 6.47. The Kier molecular flexibility index (Phi) is 7.90. The Bertz CT molecular complexity index is 663. The molecule has 0 spiro atoms. The lowest BCUT2D eigenvalue weighted by Crippen LogP contribution is -2.58.